The average molecular weight is 439 g/mol. The highest BCUT2D eigenvalue weighted by atomic mass is 32.2. The number of benzene rings is 3. The summed E-state index contributed by atoms with van der Waals surface area (Å²) in [5.74, 6) is -0.512. The number of nitrogens with one attached hydrogen (secondary N) is 2. The lowest BCUT2D eigenvalue weighted by molar-refractivity contribution is -0.123. The number of amides is 1. The highest BCUT2D eigenvalue weighted by molar-refractivity contribution is 7.89. The minimum absolute atomic E-state index is 0.0886. The molecule has 6 nitrogen and oxygen atoms in total. The number of carbonyl (C=O) groups is 1. The third kappa shape index (κ3) is 6.24. The predicted octanol–water partition coefficient (Wildman–Crippen LogP) is 2.73. The average Bonchev–Trinajstić information content (AvgIpc) is 2.78. The number of hydrogen-bond donors (Lipinski definition) is 3. The summed E-state index contributed by atoms with van der Waals surface area (Å²) < 4.78 is 28.4. The van der Waals surface area contributed by atoms with Gasteiger partial charge in [-0.05, 0) is 36.6 Å². The number of aryl methyl sites for hydroxylation is 1. The highest BCUT2D eigenvalue weighted by Crippen LogP contribution is 2.15. The van der Waals surface area contributed by atoms with Gasteiger partial charge in [0.1, 0.15) is 6.04 Å². The van der Waals surface area contributed by atoms with Crippen molar-refractivity contribution in [3.05, 3.63) is 102 Å². The van der Waals surface area contributed by atoms with Gasteiger partial charge < -0.3 is 10.4 Å². The van der Waals surface area contributed by atoms with Crippen molar-refractivity contribution in [3.8, 4) is 0 Å². The van der Waals surface area contributed by atoms with Gasteiger partial charge in [0.15, 0.2) is 0 Å². The van der Waals surface area contributed by atoms with Crippen LogP contribution in [0.25, 0.3) is 0 Å². The van der Waals surface area contributed by atoms with Gasteiger partial charge in [-0.2, -0.15) is 4.72 Å². The first-order valence-electron chi connectivity index (χ1n) is 9.98. The van der Waals surface area contributed by atoms with Gasteiger partial charge in [0.25, 0.3) is 0 Å². The Hall–Kier alpha value is -3.00. The van der Waals surface area contributed by atoms with Crippen LogP contribution >= 0.6 is 0 Å². The zero-order valence-electron chi connectivity index (χ0n) is 17.2. The molecule has 3 aromatic carbocycles. The molecule has 0 heterocycles. The van der Waals surface area contributed by atoms with E-state index in [2.05, 4.69) is 10.0 Å². The van der Waals surface area contributed by atoms with Crippen LogP contribution in [0.15, 0.2) is 89.8 Å². The van der Waals surface area contributed by atoms with Gasteiger partial charge in [0, 0.05) is 0 Å². The van der Waals surface area contributed by atoms with Crippen molar-refractivity contribution < 1.29 is 18.3 Å². The molecule has 7 heteroatoms. The van der Waals surface area contributed by atoms with Gasteiger partial charge in [0.2, 0.25) is 15.9 Å². The van der Waals surface area contributed by atoms with Crippen LogP contribution in [0.3, 0.4) is 0 Å². The van der Waals surface area contributed by atoms with Gasteiger partial charge in [0.05, 0.1) is 17.5 Å². The third-order valence-corrected chi connectivity index (χ3v) is 6.42. The van der Waals surface area contributed by atoms with Crippen molar-refractivity contribution in [3.63, 3.8) is 0 Å². The van der Waals surface area contributed by atoms with Crippen LogP contribution in [0.5, 0.6) is 0 Å². The number of hydrogen-bond acceptors (Lipinski definition) is 4. The summed E-state index contributed by atoms with van der Waals surface area (Å²) in [6.07, 6.45) is 0.171. The Labute approximate surface area is 183 Å². The molecule has 3 N–H and O–H groups in total. The van der Waals surface area contributed by atoms with Crippen LogP contribution in [-0.4, -0.2) is 32.1 Å². The molecule has 0 bridgehead atoms. The van der Waals surface area contributed by atoms with Gasteiger partial charge in [-0.1, -0.05) is 78.4 Å². The maximum Gasteiger partial charge on any atom is 0.241 e. The molecule has 0 saturated carbocycles. The molecule has 0 aromatic heterocycles. The molecular formula is C24H26N2O4S. The zero-order valence-corrected chi connectivity index (χ0v) is 18.0. The van der Waals surface area contributed by atoms with E-state index in [1.165, 1.54) is 12.1 Å². The minimum atomic E-state index is -3.92. The van der Waals surface area contributed by atoms with Crippen molar-refractivity contribution in [1.82, 2.24) is 10.0 Å². The minimum Gasteiger partial charge on any atom is -0.394 e. The molecule has 0 spiro atoms. The van der Waals surface area contributed by atoms with Gasteiger partial charge in [-0.3, -0.25) is 4.79 Å². The molecule has 1 amide bonds. The van der Waals surface area contributed by atoms with Crippen molar-refractivity contribution in [2.75, 3.05) is 6.61 Å². The van der Waals surface area contributed by atoms with E-state index in [0.29, 0.717) is 0 Å². The Morgan fingerprint density at radius 3 is 2.06 bits per heavy atom. The number of aliphatic hydroxyl groups excluding tert-OH is 1. The summed E-state index contributed by atoms with van der Waals surface area (Å²) >= 11 is 0. The van der Waals surface area contributed by atoms with E-state index in [1.54, 1.807) is 24.3 Å². The molecule has 162 valence electrons. The Balaban J connectivity index is 1.85. The Morgan fingerprint density at radius 1 is 0.903 bits per heavy atom. The number of rotatable bonds is 9. The molecule has 0 saturated heterocycles. The van der Waals surface area contributed by atoms with Gasteiger partial charge in [-0.15, -0.1) is 0 Å². The molecule has 3 aromatic rings. The molecule has 0 unspecified atom stereocenters. The Kier molecular flexibility index (Phi) is 7.57. The molecule has 2 atom stereocenters. The van der Waals surface area contributed by atoms with E-state index in [9.17, 15) is 18.3 Å². The molecule has 31 heavy (non-hydrogen) atoms. The van der Waals surface area contributed by atoms with Crippen LogP contribution < -0.4 is 10.0 Å². The maximum absolute atomic E-state index is 13.1. The smallest absolute Gasteiger partial charge is 0.241 e. The largest absolute Gasteiger partial charge is 0.394 e. The van der Waals surface area contributed by atoms with E-state index in [0.717, 1.165) is 16.7 Å². The first kappa shape index (κ1) is 22.7. The van der Waals surface area contributed by atoms with E-state index in [4.69, 9.17) is 0 Å². The first-order chi connectivity index (χ1) is 14.9. The second-order valence-electron chi connectivity index (χ2n) is 7.33. The van der Waals surface area contributed by atoms with E-state index in [1.807, 2.05) is 55.5 Å². The van der Waals surface area contributed by atoms with E-state index < -0.39 is 28.0 Å². The molecule has 0 fully saturated rings. The fourth-order valence-electron chi connectivity index (χ4n) is 3.20. The zero-order chi connectivity index (χ0) is 22.3. The Morgan fingerprint density at radius 2 is 1.48 bits per heavy atom. The lowest BCUT2D eigenvalue weighted by Gasteiger charge is -2.23. The van der Waals surface area contributed by atoms with Crippen molar-refractivity contribution in [2.24, 2.45) is 0 Å². The normalized spacial score (nSPS) is 13.4. The van der Waals surface area contributed by atoms with Crippen molar-refractivity contribution >= 4 is 15.9 Å². The number of aliphatic hydroxyl groups is 1. The molecule has 0 aliphatic rings. The lowest BCUT2D eigenvalue weighted by atomic mass is 10.0. The third-order valence-electron chi connectivity index (χ3n) is 4.93. The molecule has 0 aliphatic heterocycles. The Bertz CT molecular complexity index is 1090. The molecule has 0 aliphatic carbocycles. The summed E-state index contributed by atoms with van der Waals surface area (Å²) in [5.41, 5.74) is 2.49. The number of carbonyl (C=O) groups excluding carboxylic acids is 1. The summed E-state index contributed by atoms with van der Waals surface area (Å²) in [4.78, 5) is 13.2. The van der Waals surface area contributed by atoms with Crippen molar-refractivity contribution in [2.45, 2.75) is 30.3 Å². The van der Waals surface area contributed by atoms with Crippen LogP contribution in [0.4, 0.5) is 0 Å². The summed E-state index contributed by atoms with van der Waals surface area (Å²) in [7, 11) is -3.92. The first-order valence-corrected chi connectivity index (χ1v) is 11.5. The van der Waals surface area contributed by atoms with E-state index in [-0.39, 0.29) is 17.9 Å². The predicted molar refractivity (Wildman–Crippen MR) is 120 cm³/mol. The fourth-order valence-corrected chi connectivity index (χ4v) is 4.40. The summed E-state index contributed by atoms with van der Waals surface area (Å²) in [6.45, 7) is 1.56. The topological polar surface area (TPSA) is 95.5 Å². The second kappa shape index (κ2) is 10.3. The maximum atomic E-state index is 13.1. The second-order valence-corrected chi connectivity index (χ2v) is 9.05. The van der Waals surface area contributed by atoms with Gasteiger partial charge in [-0.25, -0.2) is 8.42 Å². The van der Waals surface area contributed by atoms with Crippen molar-refractivity contribution in [1.29, 1.82) is 0 Å². The molecular weight excluding hydrogens is 412 g/mol. The monoisotopic (exact) mass is 438 g/mol. The van der Waals surface area contributed by atoms with Crippen LogP contribution in [0, 0.1) is 6.92 Å². The SMILES string of the molecule is Cc1ccc(S(=O)(=O)N[C@@H](Cc2ccccc2)C(=O)N[C@@H](CO)c2ccccc2)cc1. The standard InChI is InChI=1S/C24H26N2O4S/c1-18-12-14-21(15-13-18)31(29,30)26-22(16-19-8-4-2-5-9-19)24(28)25-23(17-27)20-10-6-3-7-11-20/h2-15,22-23,26-27H,16-17H2,1H3,(H,25,28)/t22-,23-/m0/s1. The summed E-state index contributed by atoms with van der Waals surface area (Å²) in [5, 5.41) is 12.6. The number of sulfonamides is 1. The van der Waals surface area contributed by atoms with Crippen LogP contribution in [0.1, 0.15) is 22.7 Å². The molecule has 0 radical (unpaired) electrons. The van der Waals surface area contributed by atoms with Gasteiger partial charge >= 0.3 is 0 Å². The summed E-state index contributed by atoms with van der Waals surface area (Å²) in [6, 6.07) is 23.0. The van der Waals surface area contributed by atoms with Crippen LogP contribution in [0.2, 0.25) is 0 Å². The lowest BCUT2D eigenvalue weighted by Crippen LogP contribution is -2.49. The fraction of sp³-hybridized carbons (Fsp3) is 0.208. The highest BCUT2D eigenvalue weighted by Gasteiger charge is 2.28. The van der Waals surface area contributed by atoms with Crippen LogP contribution in [-0.2, 0) is 21.2 Å². The molecule has 3 rings (SSSR count). The van der Waals surface area contributed by atoms with E-state index >= 15 is 0 Å². The quantitative estimate of drug-likeness (QED) is 0.479.